The predicted octanol–water partition coefficient (Wildman–Crippen LogP) is 6.10. The molecule has 0 spiro atoms. The lowest BCUT2D eigenvalue weighted by Gasteiger charge is -2.21. The van der Waals surface area contributed by atoms with Gasteiger partial charge in [0.2, 0.25) is 5.91 Å². The van der Waals surface area contributed by atoms with Crippen LogP contribution in [-0.4, -0.2) is 21.0 Å². The Morgan fingerprint density at radius 1 is 0.972 bits per heavy atom. The minimum atomic E-state index is -0.667. The lowest BCUT2D eigenvalue weighted by atomic mass is 9.94. The van der Waals surface area contributed by atoms with Crippen LogP contribution in [0.4, 0.5) is 8.78 Å². The molecule has 5 nitrogen and oxygen atoms in total. The molecule has 0 aliphatic heterocycles. The average molecular weight is 486 g/mol. The molecule has 4 N–H and O–H groups in total. The van der Waals surface area contributed by atoms with E-state index in [9.17, 15) is 18.7 Å². The number of aromatic amines is 2. The number of amides is 1. The van der Waals surface area contributed by atoms with Crippen LogP contribution < -0.4 is 5.32 Å². The molecule has 3 aromatic carbocycles. The molecule has 0 aliphatic carbocycles. The van der Waals surface area contributed by atoms with E-state index in [-0.39, 0.29) is 24.5 Å². The molecule has 2 heterocycles. The highest BCUT2D eigenvalue weighted by Gasteiger charge is 2.22. The third-order valence-corrected chi connectivity index (χ3v) is 6.36. The second-order valence-electron chi connectivity index (χ2n) is 8.94. The van der Waals surface area contributed by atoms with Gasteiger partial charge in [-0.05, 0) is 72.0 Å². The number of fused-ring (bicyclic) bond motifs is 1. The van der Waals surface area contributed by atoms with Crippen LogP contribution in [0.25, 0.3) is 22.0 Å². The van der Waals surface area contributed by atoms with E-state index in [0.29, 0.717) is 5.56 Å². The van der Waals surface area contributed by atoms with Gasteiger partial charge in [-0.1, -0.05) is 24.3 Å². The molecule has 1 unspecified atom stereocenters. The molecule has 0 bridgehead atoms. The highest BCUT2D eigenvalue weighted by Crippen LogP contribution is 2.32. The van der Waals surface area contributed by atoms with Crippen molar-refractivity contribution in [1.29, 1.82) is 0 Å². The maximum absolute atomic E-state index is 14.0. The zero-order chi connectivity index (χ0) is 25.2. The summed E-state index contributed by atoms with van der Waals surface area (Å²) in [5, 5.41) is 13.7. The second-order valence-corrected chi connectivity index (χ2v) is 8.94. The van der Waals surface area contributed by atoms with Crippen LogP contribution in [0.5, 0.6) is 5.75 Å². The summed E-state index contributed by atoms with van der Waals surface area (Å²) in [4.78, 5) is 19.6. The molecule has 36 heavy (non-hydrogen) atoms. The summed E-state index contributed by atoms with van der Waals surface area (Å²) in [6.45, 7) is 2.01. The van der Waals surface area contributed by atoms with Crippen molar-refractivity contribution in [2.45, 2.75) is 25.8 Å². The molecule has 2 aromatic heterocycles. The fourth-order valence-electron chi connectivity index (χ4n) is 4.70. The van der Waals surface area contributed by atoms with Gasteiger partial charge in [0.1, 0.15) is 17.4 Å². The van der Waals surface area contributed by atoms with Crippen molar-refractivity contribution in [2.24, 2.45) is 0 Å². The Kier molecular flexibility index (Phi) is 6.29. The van der Waals surface area contributed by atoms with Crippen LogP contribution >= 0.6 is 0 Å². The largest absolute Gasteiger partial charge is 0.508 e. The Bertz CT molecular complexity index is 1530. The van der Waals surface area contributed by atoms with Crippen LogP contribution in [0.2, 0.25) is 0 Å². The first-order valence-electron chi connectivity index (χ1n) is 11.6. The number of hydrogen-bond acceptors (Lipinski definition) is 2. The van der Waals surface area contributed by atoms with Crippen molar-refractivity contribution in [1.82, 2.24) is 15.3 Å². The quantitative estimate of drug-likeness (QED) is 0.225. The van der Waals surface area contributed by atoms with Crippen LogP contribution in [0.15, 0.2) is 79.1 Å². The lowest BCUT2D eigenvalue weighted by Crippen LogP contribution is -2.31. The molecule has 0 saturated heterocycles. The number of aromatic nitrogens is 2. The number of rotatable bonds is 7. The Morgan fingerprint density at radius 3 is 2.53 bits per heavy atom. The van der Waals surface area contributed by atoms with E-state index in [0.717, 1.165) is 44.9 Å². The van der Waals surface area contributed by atoms with E-state index in [1.54, 1.807) is 30.6 Å². The molecular weight excluding hydrogens is 460 g/mol. The van der Waals surface area contributed by atoms with Crippen LogP contribution in [-0.2, 0) is 17.6 Å². The molecule has 1 amide bonds. The number of aromatic hydroxyl groups is 1. The van der Waals surface area contributed by atoms with Gasteiger partial charge in [-0.15, -0.1) is 0 Å². The number of H-pyrrole nitrogens is 2. The number of hydrogen-bond donors (Lipinski definition) is 4. The van der Waals surface area contributed by atoms with Gasteiger partial charge in [-0.25, -0.2) is 8.78 Å². The van der Waals surface area contributed by atoms with Gasteiger partial charge in [0.15, 0.2) is 0 Å². The fourth-order valence-corrected chi connectivity index (χ4v) is 4.70. The molecule has 0 radical (unpaired) electrons. The minimum absolute atomic E-state index is 0.0673. The molecular formula is C29H25F2N3O2. The van der Waals surface area contributed by atoms with E-state index in [4.69, 9.17) is 0 Å². The number of carbonyl (C=O) groups is 1. The molecule has 5 rings (SSSR count). The standard InChI is InChI=1S/C29H25F2N3O2/c1-17-4-2-3-5-23(17)24-8-9-32-29(24)27(12-18-10-20(30)14-21(31)11-18)34-28(36)13-19-16-33-26-7-6-22(35)15-25(19)26/h2-11,14-16,27,32-33,35H,12-13H2,1H3,(H,34,36). The number of benzene rings is 3. The van der Waals surface area contributed by atoms with Crippen molar-refractivity contribution < 1.29 is 18.7 Å². The SMILES string of the molecule is Cc1ccccc1-c1cc[nH]c1C(Cc1cc(F)cc(F)c1)NC(=O)Cc1c[nH]c2ccc(O)cc12. The van der Waals surface area contributed by atoms with Crippen molar-refractivity contribution in [3.8, 4) is 16.9 Å². The van der Waals surface area contributed by atoms with Gasteiger partial charge in [-0.3, -0.25) is 4.79 Å². The summed E-state index contributed by atoms with van der Waals surface area (Å²) in [5.41, 5.74) is 5.71. The van der Waals surface area contributed by atoms with Gasteiger partial charge < -0.3 is 20.4 Å². The minimum Gasteiger partial charge on any atom is -0.508 e. The predicted molar refractivity (Wildman–Crippen MR) is 136 cm³/mol. The number of aryl methyl sites for hydroxylation is 1. The first-order chi connectivity index (χ1) is 17.4. The zero-order valence-corrected chi connectivity index (χ0v) is 19.6. The zero-order valence-electron chi connectivity index (χ0n) is 19.6. The smallest absolute Gasteiger partial charge is 0.225 e. The molecule has 7 heteroatoms. The Labute approximate surface area is 206 Å². The topological polar surface area (TPSA) is 80.9 Å². The van der Waals surface area contributed by atoms with Crippen LogP contribution in [0.1, 0.15) is 28.4 Å². The first-order valence-corrected chi connectivity index (χ1v) is 11.6. The fraction of sp³-hybridized carbons (Fsp3) is 0.138. The third kappa shape index (κ3) is 4.86. The van der Waals surface area contributed by atoms with E-state index in [2.05, 4.69) is 15.3 Å². The van der Waals surface area contributed by atoms with Gasteiger partial charge >= 0.3 is 0 Å². The number of nitrogens with one attached hydrogen (secondary N) is 3. The summed E-state index contributed by atoms with van der Waals surface area (Å²) in [6, 6.07) is 17.6. The Morgan fingerprint density at radius 2 is 1.75 bits per heavy atom. The van der Waals surface area contributed by atoms with Gasteiger partial charge in [-0.2, -0.15) is 0 Å². The van der Waals surface area contributed by atoms with E-state index in [1.165, 1.54) is 12.1 Å². The second kappa shape index (κ2) is 9.70. The summed E-state index contributed by atoms with van der Waals surface area (Å²) < 4.78 is 27.9. The average Bonchev–Trinajstić information content (AvgIpc) is 3.46. The van der Waals surface area contributed by atoms with Gasteiger partial charge in [0, 0.05) is 40.6 Å². The normalized spacial score (nSPS) is 12.1. The third-order valence-electron chi connectivity index (χ3n) is 6.36. The van der Waals surface area contributed by atoms with Crippen molar-refractivity contribution in [3.63, 3.8) is 0 Å². The van der Waals surface area contributed by atoms with E-state index < -0.39 is 17.7 Å². The molecule has 0 aliphatic rings. The van der Waals surface area contributed by atoms with Crippen LogP contribution in [0, 0.1) is 18.6 Å². The lowest BCUT2D eigenvalue weighted by molar-refractivity contribution is -0.121. The molecule has 182 valence electrons. The van der Waals surface area contributed by atoms with E-state index >= 15 is 0 Å². The molecule has 0 fully saturated rings. The number of carbonyl (C=O) groups excluding carboxylic acids is 1. The summed E-state index contributed by atoms with van der Waals surface area (Å²) in [7, 11) is 0. The summed E-state index contributed by atoms with van der Waals surface area (Å²) in [5.74, 6) is -1.48. The van der Waals surface area contributed by atoms with Crippen molar-refractivity contribution in [3.05, 3.63) is 113 Å². The van der Waals surface area contributed by atoms with Crippen LogP contribution in [0.3, 0.4) is 0 Å². The summed E-state index contributed by atoms with van der Waals surface area (Å²) in [6.07, 6.45) is 3.80. The molecule has 1 atom stereocenters. The van der Waals surface area contributed by atoms with Gasteiger partial charge in [0.05, 0.1) is 12.5 Å². The van der Waals surface area contributed by atoms with E-state index in [1.807, 2.05) is 37.3 Å². The highest BCUT2D eigenvalue weighted by molar-refractivity contribution is 5.90. The summed E-state index contributed by atoms with van der Waals surface area (Å²) >= 11 is 0. The maximum Gasteiger partial charge on any atom is 0.225 e. The first kappa shape index (κ1) is 23.4. The number of halogens is 2. The monoisotopic (exact) mass is 485 g/mol. The molecule has 5 aromatic rings. The van der Waals surface area contributed by atoms with Crippen molar-refractivity contribution >= 4 is 16.8 Å². The Balaban J connectivity index is 1.48. The molecule has 0 saturated carbocycles. The van der Waals surface area contributed by atoms with Crippen molar-refractivity contribution in [2.75, 3.05) is 0 Å². The Hall–Kier alpha value is -4.39. The number of phenols is 1. The maximum atomic E-state index is 14.0. The highest BCUT2D eigenvalue weighted by atomic mass is 19.1. The number of phenolic OH excluding ortho intramolecular Hbond substituents is 1. The van der Waals surface area contributed by atoms with Gasteiger partial charge in [0.25, 0.3) is 0 Å².